The summed E-state index contributed by atoms with van der Waals surface area (Å²) in [5.74, 6) is -5.50. The van der Waals surface area contributed by atoms with Crippen LogP contribution in [-0.2, 0) is 39.9 Å². The van der Waals surface area contributed by atoms with Crippen molar-refractivity contribution in [1.29, 1.82) is 0 Å². The minimum absolute atomic E-state index is 0.0116. The number of carbonyl (C=O) groups excluding carboxylic acids is 6. The number of hydrogen-bond donors (Lipinski definition) is 7. The fourth-order valence-electron chi connectivity index (χ4n) is 4.78. The molecule has 0 aliphatic heterocycles. The van der Waals surface area contributed by atoms with Crippen LogP contribution in [0.15, 0.2) is 42.5 Å². The second-order valence-electron chi connectivity index (χ2n) is 11.7. The van der Waals surface area contributed by atoms with Crippen molar-refractivity contribution < 1.29 is 48.5 Å². The molecule has 8 N–H and O–H groups in total. The Morgan fingerprint density at radius 3 is 2.15 bits per heavy atom. The third-order valence-electron chi connectivity index (χ3n) is 7.38. The predicted octanol–water partition coefficient (Wildman–Crippen LogP) is 1.84. The van der Waals surface area contributed by atoms with Crippen LogP contribution in [0.2, 0.25) is 10.0 Å². The van der Waals surface area contributed by atoms with Crippen molar-refractivity contribution in [3.8, 4) is 5.75 Å². The number of carboxylic acid groups (broad SMARTS) is 1. The number of hydrogen-bond acceptors (Lipinski definition) is 10. The topological polar surface area (TPSA) is 247 Å². The van der Waals surface area contributed by atoms with Gasteiger partial charge in [0.1, 0.15) is 24.4 Å². The highest BCUT2D eigenvalue weighted by Crippen LogP contribution is 2.25. The maximum atomic E-state index is 13.2. The van der Waals surface area contributed by atoms with Crippen LogP contribution in [0.1, 0.15) is 67.8 Å². The quantitative estimate of drug-likeness (QED) is 0.0549. The summed E-state index contributed by atoms with van der Waals surface area (Å²) in [6, 6.07) is 8.57. The minimum atomic E-state index is -1.43. The number of amides is 5. The molecule has 18 heteroatoms. The zero-order valence-electron chi connectivity index (χ0n) is 28.6. The third kappa shape index (κ3) is 16.0. The maximum Gasteiger partial charge on any atom is 0.341 e. The molecule has 2 rings (SSSR count). The number of rotatable bonds is 21. The van der Waals surface area contributed by atoms with Gasteiger partial charge in [-0.25, -0.2) is 9.80 Å². The molecule has 0 saturated carbocycles. The Bertz CT molecular complexity index is 1540. The standard InChI is InChI=1S/C34H44Cl2N6O10/c1-21(43)39-26(10-4-5-16-37)33(50)40-27(18-22-12-14-23(44)15-13-22)32(49)38-17-6-2-3-11-28(45)41-42(19-30(47)48)29(46)20-52-34(51)31-24(35)8-7-9-25(31)36/h7-9,12-15,26-27,44H,2-6,10-11,16-20,37H2,1H3,(H,38,49)(H,39,43)(H,40,50)(H,41,45)(H,47,48)/t26-,27-/m0/s1. The molecule has 0 spiro atoms. The number of nitrogens with two attached hydrogens (primary N) is 1. The van der Waals surface area contributed by atoms with E-state index in [0.717, 1.165) is 0 Å². The van der Waals surface area contributed by atoms with Crippen LogP contribution in [0.3, 0.4) is 0 Å². The van der Waals surface area contributed by atoms with Gasteiger partial charge in [0.25, 0.3) is 5.91 Å². The normalized spacial score (nSPS) is 11.8. The number of halogens is 2. The molecule has 0 bridgehead atoms. The monoisotopic (exact) mass is 766 g/mol. The number of phenols is 1. The molecule has 0 aromatic heterocycles. The van der Waals surface area contributed by atoms with Gasteiger partial charge < -0.3 is 36.6 Å². The van der Waals surface area contributed by atoms with Crippen molar-refractivity contribution in [2.45, 2.75) is 70.4 Å². The molecule has 0 aliphatic carbocycles. The van der Waals surface area contributed by atoms with Crippen molar-refractivity contribution in [2.24, 2.45) is 5.73 Å². The van der Waals surface area contributed by atoms with Crippen molar-refractivity contribution in [2.75, 3.05) is 26.2 Å². The number of nitrogens with one attached hydrogen (secondary N) is 4. The number of aliphatic carboxylic acids is 1. The summed E-state index contributed by atoms with van der Waals surface area (Å²) < 4.78 is 4.93. The number of carboxylic acids is 1. The van der Waals surface area contributed by atoms with E-state index in [2.05, 4.69) is 21.4 Å². The Morgan fingerprint density at radius 2 is 1.54 bits per heavy atom. The molecule has 284 valence electrons. The van der Waals surface area contributed by atoms with Crippen LogP contribution in [0, 0.1) is 0 Å². The molecular formula is C34H44Cl2N6O10. The summed E-state index contributed by atoms with van der Waals surface area (Å²) >= 11 is 11.9. The Labute approximate surface area is 310 Å². The van der Waals surface area contributed by atoms with E-state index in [1.807, 2.05) is 0 Å². The van der Waals surface area contributed by atoms with Crippen LogP contribution >= 0.6 is 23.2 Å². The molecule has 16 nitrogen and oxygen atoms in total. The van der Waals surface area contributed by atoms with Gasteiger partial charge in [0, 0.05) is 26.3 Å². The lowest BCUT2D eigenvalue weighted by Gasteiger charge is -2.23. The van der Waals surface area contributed by atoms with Gasteiger partial charge in [0.15, 0.2) is 6.61 Å². The lowest BCUT2D eigenvalue weighted by Crippen LogP contribution is -2.54. The van der Waals surface area contributed by atoms with Crippen molar-refractivity contribution in [3.05, 3.63) is 63.6 Å². The summed E-state index contributed by atoms with van der Waals surface area (Å²) in [5.41, 5.74) is 8.25. The molecule has 2 atom stereocenters. The Balaban J connectivity index is 1.89. The van der Waals surface area contributed by atoms with Gasteiger partial charge in [-0.15, -0.1) is 0 Å². The van der Waals surface area contributed by atoms with Gasteiger partial charge >= 0.3 is 11.9 Å². The van der Waals surface area contributed by atoms with E-state index in [1.165, 1.54) is 37.3 Å². The van der Waals surface area contributed by atoms with Gasteiger partial charge in [0.2, 0.25) is 23.6 Å². The molecule has 2 aromatic rings. The number of nitrogens with zero attached hydrogens (tertiary/aromatic N) is 1. The first-order valence-corrected chi connectivity index (χ1v) is 17.2. The first-order valence-electron chi connectivity index (χ1n) is 16.5. The highest BCUT2D eigenvalue weighted by Gasteiger charge is 2.27. The van der Waals surface area contributed by atoms with Gasteiger partial charge in [-0.05, 0) is 68.5 Å². The highest BCUT2D eigenvalue weighted by molar-refractivity contribution is 6.39. The fraction of sp³-hybridized carbons (Fsp3) is 0.441. The van der Waals surface area contributed by atoms with Crippen LogP contribution in [0.4, 0.5) is 0 Å². The molecule has 0 saturated heterocycles. The minimum Gasteiger partial charge on any atom is -0.508 e. The summed E-state index contributed by atoms with van der Waals surface area (Å²) in [4.78, 5) is 86.9. The molecule has 5 amide bonds. The van der Waals surface area contributed by atoms with Crippen molar-refractivity contribution >= 4 is 64.7 Å². The van der Waals surface area contributed by atoms with E-state index in [1.54, 1.807) is 12.1 Å². The van der Waals surface area contributed by atoms with Crippen LogP contribution in [0.5, 0.6) is 5.75 Å². The number of benzene rings is 2. The number of hydrazine groups is 1. The van der Waals surface area contributed by atoms with E-state index >= 15 is 0 Å². The maximum absolute atomic E-state index is 13.2. The van der Waals surface area contributed by atoms with E-state index < -0.39 is 66.7 Å². The predicted molar refractivity (Wildman–Crippen MR) is 190 cm³/mol. The number of carbonyl (C=O) groups is 7. The molecule has 2 aromatic carbocycles. The van der Waals surface area contributed by atoms with Crippen molar-refractivity contribution in [1.82, 2.24) is 26.4 Å². The van der Waals surface area contributed by atoms with Gasteiger partial charge in [-0.2, -0.15) is 0 Å². The highest BCUT2D eigenvalue weighted by atomic mass is 35.5. The Kier molecular flexibility index (Phi) is 19.0. The number of esters is 1. The first kappa shape index (κ1) is 43.2. The molecule has 0 unspecified atom stereocenters. The molecule has 52 heavy (non-hydrogen) atoms. The SMILES string of the molecule is CC(=O)N[C@@H](CCCCN)C(=O)N[C@@H](Cc1ccc(O)cc1)C(=O)NCCCCCC(=O)NN(CC(=O)O)C(=O)COC(=O)c1c(Cl)cccc1Cl. The number of phenolic OH excluding ortho intramolecular Hbond substituents is 1. The average molecular weight is 768 g/mol. The molecule has 0 heterocycles. The zero-order chi connectivity index (χ0) is 38.6. The summed E-state index contributed by atoms with van der Waals surface area (Å²) in [6.45, 7) is 0.110. The van der Waals surface area contributed by atoms with E-state index in [4.69, 9.17) is 33.7 Å². The van der Waals surface area contributed by atoms with Crippen LogP contribution < -0.4 is 27.1 Å². The number of unbranched alkanes of at least 4 members (excludes halogenated alkanes) is 3. The van der Waals surface area contributed by atoms with Crippen LogP contribution in [-0.4, -0.2) is 95.0 Å². The molecular weight excluding hydrogens is 723 g/mol. The van der Waals surface area contributed by atoms with E-state index in [0.29, 0.717) is 55.6 Å². The lowest BCUT2D eigenvalue weighted by molar-refractivity contribution is -0.151. The summed E-state index contributed by atoms with van der Waals surface area (Å²) in [5, 5.41) is 27.4. The fourth-order valence-corrected chi connectivity index (χ4v) is 5.33. The summed E-state index contributed by atoms with van der Waals surface area (Å²) in [6.07, 6.45) is 2.78. The van der Waals surface area contributed by atoms with Gasteiger partial charge in [-0.1, -0.05) is 47.8 Å². The molecule has 0 fully saturated rings. The van der Waals surface area contributed by atoms with Gasteiger partial charge in [-0.3, -0.25) is 34.2 Å². The lowest BCUT2D eigenvalue weighted by atomic mass is 10.0. The molecule has 0 aliphatic rings. The number of aromatic hydroxyl groups is 1. The van der Waals surface area contributed by atoms with E-state index in [9.17, 15) is 43.8 Å². The largest absolute Gasteiger partial charge is 0.508 e. The number of ether oxygens (including phenoxy) is 1. The molecule has 0 radical (unpaired) electrons. The Hall–Kier alpha value is -4.93. The Morgan fingerprint density at radius 1 is 0.865 bits per heavy atom. The zero-order valence-corrected chi connectivity index (χ0v) is 30.1. The third-order valence-corrected chi connectivity index (χ3v) is 8.01. The smallest absolute Gasteiger partial charge is 0.341 e. The summed E-state index contributed by atoms with van der Waals surface area (Å²) in [7, 11) is 0. The van der Waals surface area contributed by atoms with E-state index in [-0.39, 0.29) is 40.7 Å². The first-order chi connectivity index (χ1) is 24.7. The second kappa shape index (κ2) is 22.8. The van der Waals surface area contributed by atoms with Crippen molar-refractivity contribution in [3.63, 3.8) is 0 Å². The van der Waals surface area contributed by atoms with Crippen LogP contribution in [0.25, 0.3) is 0 Å². The second-order valence-corrected chi connectivity index (χ2v) is 12.5. The van der Waals surface area contributed by atoms with Gasteiger partial charge in [0.05, 0.1) is 15.6 Å². The average Bonchev–Trinajstić information content (AvgIpc) is 3.08.